The molecule has 11 amide bonds. The summed E-state index contributed by atoms with van der Waals surface area (Å²) in [5.74, 6) is -12.9. The second kappa shape index (κ2) is 34.8. The highest BCUT2D eigenvalue weighted by Crippen LogP contribution is 2.27. The molecule has 23 heteroatoms. The van der Waals surface area contributed by atoms with E-state index in [-0.39, 0.29) is 6.42 Å². The van der Waals surface area contributed by atoms with Crippen LogP contribution >= 0.6 is 0 Å². The van der Waals surface area contributed by atoms with Crippen LogP contribution in [0, 0.1) is 47.3 Å². The normalized spacial score (nSPS) is 27.6. The van der Waals surface area contributed by atoms with Crippen LogP contribution in [0.4, 0.5) is 0 Å². The van der Waals surface area contributed by atoms with Gasteiger partial charge in [-0.3, -0.25) is 57.5 Å². The van der Waals surface area contributed by atoms with E-state index in [0.29, 0.717) is 25.7 Å². The van der Waals surface area contributed by atoms with Gasteiger partial charge in [0, 0.05) is 55.3 Å². The average Bonchev–Trinajstić information content (AvgIpc) is 1.57. The van der Waals surface area contributed by atoms with Crippen molar-refractivity contribution in [3.63, 3.8) is 0 Å². The zero-order chi connectivity index (χ0) is 66.8. The quantitative estimate of drug-likeness (QED) is 0.135. The van der Waals surface area contributed by atoms with Crippen LogP contribution < -0.4 is 21.3 Å². The summed E-state index contributed by atoms with van der Waals surface area (Å²) < 4.78 is 0. The second-order valence-corrected chi connectivity index (χ2v) is 25.4. The molecular formula is C63H111N11O12. The fourth-order valence-electron chi connectivity index (χ4n) is 11.1. The number of Topliss-reactive ketones (excluding diaryl/α,β-unsaturated/α-hetero) is 1. The third kappa shape index (κ3) is 19.3. The number of hydrogen-bond donors (Lipinski definition) is 4. The van der Waals surface area contributed by atoms with E-state index in [1.807, 2.05) is 27.7 Å². The van der Waals surface area contributed by atoms with Crippen LogP contribution in [0.5, 0.6) is 0 Å². The number of nitrogens with zero attached hydrogens (tertiary/aromatic N) is 7. The first-order chi connectivity index (χ1) is 39.8. The van der Waals surface area contributed by atoms with Gasteiger partial charge in [0.05, 0.1) is 6.54 Å². The third-order valence-electron chi connectivity index (χ3n) is 17.7. The van der Waals surface area contributed by atoms with Gasteiger partial charge in [-0.1, -0.05) is 142 Å². The fraction of sp³-hybridized carbons (Fsp3) is 0.778. The van der Waals surface area contributed by atoms with Gasteiger partial charge in [-0.05, 0) is 68.6 Å². The molecule has 23 nitrogen and oxygen atoms in total. The summed E-state index contributed by atoms with van der Waals surface area (Å²) in [6.07, 6.45) is 5.37. The molecule has 0 saturated carbocycles. The molecule has 490 valence electrons. The van der Waals surface area contributed by atoms with Gasteiger partial charge in [0.2, 0.25) is 59.1 Å². The molecule has 1 aliphatic heterocycles. The molecule has 0 spiro atoms. The van der Waals surface area contributed by atoms with Crippen molar-refractivity contribution in [2.24, 2.45) is 47.3 Å². The molecule has 0 aromatic heterocycles. The van der Waals surface area contributed by atoms with E-state index in [0.717, 1.165) is 9.80 Å². The second-order valence-electron chi connectivity index (χ2n) is 25.4. The molecule has 1 rings (SSSR count). The summed E-state index contributed by atoms with van der Waals surface area (Å²) in [6, 6.07) is -12.8. The SMILES string of the molecule is C/C=C/CC(C)C(=O)C1C(=O)NC(C(C)C)C(=O)N(C)CC(=O)N(C)C(C(C)CC)C(=O)NC(C(C)C)C(=O)N(C)C(C(C)CC)C(=O)NC(C)C(=O)NC(C)C(=O)N(C)C(C(C)CC)C(=O)N(C)C(C(C)CC)C(=O)N(C)C(C(C)C)C(=O)N1C. The standard InChI is InChI=1S/C63H111N11O12/c1-26-31-32-41(16)53(76)52-57(80)66-45(34(6)7)59(82)68(19)33-44(75)69(20)48(37(12)27-2)56(79)67-46(35(8)9)60(83)71(22)49(38(13)28-3)55(78)64-42(17)54(77)65-43(18)58(81)72(23)50(39(14)29-4)63(86)73(24)51(40(15)30-5)62(85)70(21)47(36(10)11)61(84)74(52)25/h26,31,34-43,45-52H,27-30,32-33H2,1-25H3,(H,64,78)(H,65,77)(H,66,80)(H,67,79)/b31-26+. The maximum atomic E-state index is 15.2. The average molecular weight is 1210 g/mol. The molecule has 0 aromatic carbocycles. The lowest BCUT2D eigenvalue weighted by molar-refractivity contribution is -0.158. The Kier molecular flexibility index (Phi) is 31.4. The molecule has 0 aromatic rings. The largest absolute Gasteiger partial charge is 0.343 e. The van der Waals surface area contributed by atoms with Crippen LogP contribution in [-0.2, 0) is 57.5 Å². The summed E-state index contributed by atoms with van der Waals surface area (Å²) in [4.78, 5) is 184. The molecule has 15 unspecified atom stereocenters. The van der Waals surface area contributed by atoms with Crippen molar-refractivity contribution in [1.82, 2.24) is 55.6 Å². The molecular weight excluding hydrogens is 1100 g/mol. The smallest absolute Gasteiger partial charge is 0.251 e. The number of allylic oxidation sites excluding steroid dienone is 2. The molecule has 0 aliphatic carbocycles. The van der Waals surface area contributed by atoms with Crippen molar-refractivity contribution in [3.8, 4) is 0 Å². The predicted molar refractivity (Wildman–Crippen MR) is 332 cm³/mol. The van der Waals surface area contributed by atoms with Crippen LogP contribution in [0.2, 0.25) is 0 Å². The van der Waals surface area contributed by atoms with Crippen molar-refractivity contribution in [3.05, 3.63) is 12.2 Å². The lowest BCUT2D eigenvalue weighted by atomic mass is 9.91. The molecule has 86 heavy (non-hydrogen) atoms. The summed E-state index contributed by atoms with van der Waals surface area (Å²) in [7, 11) is 9.82. The van der Waals surface area contributed by atoms with Gasteiger partial charge in [0.1, 0.15) is 54.4 Å². The number of carbonyl (C=O) groups is 12. The highest BCUT2D eigenvalue weighted by atomic mass is 16.2. The van der Waals surface area contributed by atoms with E-state index < -0.39 is 185 Å². The van der Waals surface area contributed by atoms with Gasteiger partial charge in [0.25, 0.3) is 5.91 Å². The van der Waals surface area contributed by atoms with E-state index in [1.165, 1.54) is 87.7 Å². The minimum absolute atomic E-state index is 0.207. The number of nitrogens with one attached hydrogen (secondary N) is 4. The van der Waals surface area contributed by atoms with Crippen molar-refractivity contribution < 1.29 is 57.5 Å². The zero-order valence-electron chi connectivity index (χ0n) is 56.8. The highest BCUT2D eigenvalue weighted by molar-refractivity contribution is 6.10. The van der Waals surface area contributed by atoms with Crippen molar-refractivity contribution in [2.75, 3.05) is 55.9 Å². The lowest BCUT2D eigenvalue weighted by Gasteiger charge is -2.42. The van der Waals surface area contributed by atoms with Crippen LogP contribution in [-0.4, -0.2) is 221 Å². The van der Waals surface area contributed by atoms with Gasteiger partial charge >= 0.3 is 0 Å². The van der Waals surface area contributed by atoms with Crippen molar-refractivity contribution >= 4 is 70.8 Å². The maximum Gasteiger partial charge on any atom is 0.251 e. The third-order valence-corrected chi connectivity index (χ3v) is 17.7. The van der Waals surface area contributed by atoms with E-state index >= 15 is 14.4 Å². The number of hydrogen-bond acceptors (Lipinski definition) is 12. The van der Waals surface area contributed by atoms with Gasteiger partial charge in [0.15, 0.2) is 11.8 Å². The van der Waals surface area contributed by atoms with Crippen LogP contribution in [0.15, 0.2) is 12.2 Å². The Bertz CT molecular complexity index is 2420. The highest BCUT2D eigenvalue weighted by Gasteiger charge is 2.47. The first-order valence-electron chi connectivity index (χ1n) is 31.0. The van der Waals surface area contributed by atoms with Crippen molar-refractivity contribution in [2.45, 2.75) is 217 Å². The number of amides is 11. The van der Waals surface area contributed by atoms with E-state index in [1.54, 1.807) is 95.2 Å². The van der Waals surface area contributed by atoms with Gasteiger partial charge in [-0.15, -0.1) is 0 Å². The number of ketones is 1. The Labute approximate surface area is 514 Å². The predicted octanol–water partition coefficient (Wildman–Crippen LogP) is 3.72. The first-order valence-corrected chi connectivity index (χ1v) is 31.0. The topological polar surface area (TPSA) is 276 Å². The Morgan fingerprint density at radius 1 is 0.430 bits per heavy atom. The summed E-state index contributed by atoms with van der Waals surface area (Å²) >= 11 is 0. The minimum Gasteiger partial charge on any atom is -0.343 e. The Balaban J connectivity index is 4.41. The van der Waals surface area contributed by atoms with Gasteiger partial charge < -0.3 is 55.6 Å². The van der Waals surface area contributed by atoms with E-state index in [9.17, 15) is 43.2 Å². The monoisotopic (exact) mass is 1210 g/mol. The fourth-order valence-corrected chi connectivity index (χ4v) is 11.1. The van der Waals surface area contributed by atoms with Crippen LogP contribution in [0.1, 0.15) is 157 Å². The molecule has 1 saturated heterocycles. The molecule has 1 aliphatic rings. The van der Waals surface area contributed by atoms with Crippen LogP contribution in [0.25, 0.3) is 0 Å². The number of rotatable bonds is 15. The van der Waals surface area contributed by atoms with Gasteiger partial charge in [-0.2, -0.15) is 0 Å². The molecule has 0 radical (unpaired) electrons. The van der Waals surface area contributed by atoms with Gasteiger partial charge in [-0.25, -0.2) is 0 Å². The molecule has 1 heterocycles. The zero-order valence-corrected chi connectivity index (χ0v) is 56.8. The Morgan fingerprint density at radius 2 is 0.791 bits per heavy atom. The maximum absolute atomic E-state index is 15.2. The van der Waals surface area contributed by atoms with Crippen LogP contribution in [0.3, 0.4) is 0 Å². The number of likely N-dealkylation sites (N-methyl/N-ethyl adjacent to an activating group) is 7. The molecule has 4 N–H and O–H groups in total. The first kappa shape index (κ1) is 77.6. The molecule has 0 bridgehead atoms. The summed E-state index contributed by atoms with van der Waals surface area (Å²) in [6.45, 7) is 30.3. The Hall–Kier alpha value is -6.42. The minimum atomic E-state index is -1.82. The summed E-state index contributed by atoms with van der Waals surface area (Å²) in [5.41, 5.74) is 0. The Morgan fingerprint density at radius 3 is 1.22 bits per heavy atom. The molecule has 1 fully saturated rings. The van der Waals surface area contributed by atoms with Crippen molar-refractivity contribution in [1.29, 1.82) is 0 Å². The molecule has 15 atom stereocenters. The lowest BCUT2D eigenvalue weighted by Crippen LogP contribution is -2.64. The van der Waals surface area contributed by atoms with E-state index in [2.05, 4.69) is 21.3 Å². The summed E-state index contributed by atoms with van der Waals surface area (Å²) in [5, 5.41) is 11.0. The number of carbonyl (C=O) groups excluding carboxylic acids is 12. The van der Waals surface area contributed by atoms with E-state index in [4.69, 9.17) is 0 Å².